The van der Waals surface area contributed by atoms with Gasteiger partial charge in [-0.3, -0.25) is 14.1 Å². The second kappa shape index (κ2) is 8.75. The highest BCUT2D eigenvalue weighted by molar-refractivity contribution is 5.78. The molecule has 0 atom stereocenters. The number of hydrogen-bond acceptors (Lipinski definition) is 7. The third kappa shape index (κ3) is 4.42. The molecule has 4 heterocycles. The van der Waals surface area contributed by atoms with Gasteiger partial charge in [0, 0.05) is 57.7 Å². The maximum Gasteiger partial charge on any atom is 0.234 e. The van der Waals surface area contributed by atoms with Crippen LogP contribution >= 0.6 is 0 Å². The minimum Gasteiger partial charge on any atom is -0.355 e. The molecule has 4 rings (SSSR count). The number of pyridine rings is 1. The van der Waals surface area contributed by atoms with Gasteiger partial charge in [-0.1, -0.05) is 6.07 Å². The fourth-order valence-corrected chi connectivity index (χ4v) is 3.36. The van der Waals surface area contributed by atoms with Gasteiger partial charge in [0.15, 0.2) is 5.65 Å². The molecule has 1 amide bonds. The number of rotatable bonds is 7. The predicted octanol–water partition coefficient (Wildman–Crippen LogP) is 0.390. The summed E-state index contributed by atoms with van der Waals surface area (Å²) in [6.45, 7) is 4.39. The van der Waals surface area contributed by atoms with Crippen LogP contribution in [0.4, 0.5) is 5.95 Å². The summed E-state index contributed by atoms with van der Waals surface area (Å²) in [5.41, 5.74) is 0.849. The third-order valence-corrected chi connectivity index (χ3v) is 4.86. The van der Waals surface area contributed by atoms with E-state index in [0.29, 0.717) is 13.1 Å². The topological polar surface area (TPSA) is 91.5 Å². The lowest BCUT2D eigenvalue weighted by molar-refractivity contribution is -0.122. The first-order chi connectivity index (χ1) is 13.8. The quantitative estimate of drug-likeness (QED) is 0.593. The first-order valence-corrected chi connectivity index (χ1v) is 9.59. The van der Waals surface area contributed by atoms with Crippen molar-refractivity contribution in [1.82, 2.24) is 34.8 Å². The summed E-state index contributed by atoms with van der Waals surface area (Å²) < 4.78 is 1.98. The number of piperazine rings is 1. The molecular weight excluding hydrogens is 356 g/mol. The molecule has 0 aliphatic carbocycles. The molecule has 1 fully saturated rings. The molecule has 1 saturated heterocycles. The van der Waals surface area contributed by atoms with Crippen LogP contribution in [0.25, 0.3) is 5.65 Å². The lowest BCUT2D eigenvalue weighted by Crippen LogP contribution is -2.50. The average molecular weight is 380 g/mol. The second-order valence-corrected chi connectivity index (χ2v) is 6.81. The monoisotopic (exact) mass is 380 g/mol. The Kier molecular flexibility index (Phi) is 5.72. The molecule has 1 aliphatic rings. The van der Waals surface area contributed by atoms with Crippen molar-refractivity contribution in [3.8, 4) is 0 Å². The van der Waals surface area contributed by atoms with Gasteiger partial charge in [-0.05, 0) is 24.6 Å². The number of carbonyl (C=O) groups is 1. The summed E-state index contributed by atoms with van der Waals surface area (Å²) in [6, 6.07) is 7.66. The summed E-state index contributed by atoms with van der Waals surface area (Å²) in [6.07, 6.45) is 7.08. The van der Waals surface area contributed by atoms with Crippen LogP contribution in [-0.2, 0) is 11.2 Å². The Labute approximate surface area is 163 Å². The molecule has 0 spiro atoms. The molecule has 0 bridgehead atoms. The van der Waals surface area contributed by atoms with Crippen molar-refractivity contribution in [2.24, 2.45) is 0 Å². The van der Waals surface area contributed by atoms with Crippen LogP contribution in [-0.4, -0.2) is 74.6 Å². The van der Waals surface area contributed by atoms with E-state index in [1.807, 2.05) is 34.9 Å². The van der Waals surface area contributed by atoms with Gasteiger partial charge in [0.05, 0.1) is 6.54 Å². The molecule has 146 valence electrons. The van der Waals surface area contributed by atoms with Gasteiger partial charge in [-0.25, -0.2) is 9.97 Å². The Morgan fingerprint density at radius 3 is 2.68 bits per heavy atom. The van der Waals surface area contributed by atoms with E-state index in [1.54, 1.807) is 12.4 Å². The number of fused-ring (bicyclic) bond motifs is 1. The highest BCUT2D eigenvalue weighted by atomic mass is 16.2. The number of nitrogens with zero attached hydrogens (tertiary/aromatic N) is 7. The number of hydrogen-bond donors (Lipinski definition) is 1. The van der Waals surface area contributed by atoms with Gasteiger partial charge in [0.2, 0.25) is 11.9 Å². The largest absolute Gasteiger partial charge is 0.355 e. The summed E-state index contributed by atoms with van der Waals surface area (Å²) in [5, 5.41) is 11.4. The van der Waals surface area contributed by atoms with Crippen molar-refractivity contribution >= 4 is 17.5 Å². The van der Waals surface area contributed by atoms with Crippen LogP contribution in [0.2, 0.25) is 0 Å². The maximum atomic E-state index is 12.2. The number of aryl methyl sites for hydroxylation is 1. The molecule has 3 aromatic heterocycles. The summed E-state index contributed by atoms with van der Waals surface area (Å²) >= 11 is 0. The van der Waals surface area contributed by atoms with Crippen LogP contribution in [0.5, 0.6) is 0 Å². The van der Waals surface area contributed by atoms with Gasteiger partial charge >= 0.3 is 0 Å². The molecular formula is C19H24N8O. The Balaban J connectivity index is 1.15. The van der Waals surface area contributed by atoms with E-state index < -0.39 is 0 Å². The fourth-order valence-electron chi connectivity index (χ4n) is 3.36. The zero-order chi connectivity index (χ0) is 19.2. The molecule has 3 aromatic rings. The maximum absolute atomic E-state index is 12.2. The zero-order valence-electron chi connectivity index (χ0n) is 15.7. The lowest BCUT2D eigenvalue weighted by atomic mass is 10.3. The minimum atomic E-state index is 0.0653. The second-order valence-electron chi connectivity index (χ2n) is 6.81. The van der Waals surface area contributed by atoms with Crippen molar-refractivity contribution in [3.05, 3.63) is 48.7 Å². The third-order valence-electron chi connectivity index (χ3n) is 4.86. The molecule has 0 aromatic carbocycles. The number of carbonyl (C=O) groups excluding carboxylic acids is 1. The van der Waals surface area contributed by atoms with Gasteiger partial charge in [-0.2, -0.15) is 0 Å². The van der Waals surface area contributed by atoms with E-state index in [4.69, 9.17) is 0 Å². The van der Waals surface area contributed by atoms with E-state index in [-0.39, 0.29) is 5.91 Å². The summed E-state index contributed by atoms with van der Waals surface area (Å²) in [4.78, 5) is 25.1. The average Bonchev–Trinajstić information content (AvgIpc) is 3.16. The van der Waals surface area contributed by atoms with Gasteiger partial charge in [0.25, 0.3) is 0 Å². The van der Waals surface area contributed by atoms with Crippen LogP contribution in [0.1, 0.15) is 12.2 Å². The van der Waals surface area contributed by atoms with Gasteiger partial charge in [-0.15, -0.1) is 10.2 Å². The van der Waals surface area contributed by atoms with Gasteiger partial charge in [0.1, 0.15) is 5.82 Å². The standard InChI is InChI=1S/C19H24N8O/c28-18(15-25-11-13-26(14-12-25)19-21-8-4-9-22-19)20-7-3-6-17-24-23-16-5-1-2-10-27(16)17/h1-2,4-5,8-10H,3,6-7,11-15H2,(H,20,28). The van der Waals surface area contributed by atoms with Crippen LogP contribution in [0.15, 0.2) is 42.9 Å². The van der Waals surface area contributed by atoms with Crippen molar-refractivity contribution in [2.45, 2.75) is 12.8 Å². The Morgan fingerprint density at radius 2 is 1.86 bits per heavy atom. The SMILES string of the molecule is O=C(CN1CCN(c2ncccn2)CC1)NCCCc1nnc2ccccn12. The van der Waals surface area contributed by atoms with Crippen LogP contribution in [0, 0.1) is 0 Å². The molecule has 9 nitrogen and oxygen atoms in total. The Bertz CT molecular complexity index is 904. The number of nitrogens with one attached hydrogen (secondary N) is 1. The van der Waals surface area contributed by atoms with E-state index in [1.165, 1.54) is 0 Å². The van der Waals surface area contributed by atoms with E-state index in [0.717, 1.165) is 56.4 Å². The lowest BCUT2D eigenvalue weighted by Gasteiger charge is -2.34. The van der Waals surface area contributed by atoms with E-state index in [2.05, 4.69) is 35.3 Å². The van der Waals surface area contributed by atoms with Crippen molar-refractivity contribution in [1.29, 1.82) is 0 Å². The fraction of sp³-hybridized carbons (Fsp3) is 0.421. The highest BCUT2D eigenvalue weighted by Crippen LogP contribution is 2.09. The van der Waals surface area contributed by atoms with Crippen LogP contribution < -0.4 is 10.2 Å². The molecule has 1 aliphatic heterocycles. The smallest absolute Gasteiger partial charge is 0.234 e. The highest BCUT2D eigenvalue weighted by Gasteiger charge is 2.20. The Morgan fingerprint density at radius 1 is 1.04 bits per heavy atom. The van der Waals surface area contributed by atoms with Crippen molar-refractivity contribution in [3.63, 3.8) is 0 Å². The number of anilines is 1. The van der Waals surface area contributed by atoms with Crippen LogP contribution in [0.3, 0.4) is 0 Å². The number of amides is 1. The summed E-state index contributed by atoms with van der Waals surface area (Å²) in [5.74, 6) is 1.74. The normalized spacial score (nSPS) is 15.1. The first kappa shape index (κ1) is 18.3. The Hall–Kier alpha value is -3.07. The predicted molar refractivity (Wildman–Crippen MR) is 105 cm³/mol. The first-order valence-electron chi connectivity index (χ1n) is 9.59. The van der Waals surface area contributed by atoms with E-state index >= 15 is 0 Å². The van der Waals surface area contributed by atoms with E-state index in [9.17, 15) is 4.79 Å². The molecule has 9 heteroatoms. The molecule has 28 heavy (non-hydrogen) atoms. The van der Waals surface area contributed by atoms with Gasteiger partial charge < -0.3 is 10.2 Å². The molecule has 0 radical (unpaired) electrons. The molecule has 1 N–H and O–H groups in total. The molecule has 0 unspecified atom stereocenters. The van der Waals surface area contributed by atoms with Crippen molar-refractivity contribution < 1.29 is 4.79 Å². The zero-order valence-corrected chi connectivity index (χ0v) is 15.7. The minimum absolute atomic E-state index is 0.0653. The number of aromatic nitrogens is 5. The molecule has 0 saturated carbocycles. The van der Waals surface area contributed by atoms with Crippen molar-refractivity contribution in [2.75, 3.05) is 44.2 Å². The summed E-state index contributed by atoms with van der Waals surface area (Å²) in [7, 11) is 0.